The van der Waals surface area contributed by atoms with Crippen molar-refractivity contribution in [3.05, 3.63) is 90.0 Å². The van der Waals surface area contributed by atoms with Crippen LogP contribution in [0.3, 0.4) is 0 Å². The van der Waals surface area contributed by atoms with Gasteiger partial charge in [-0.2, -0.15) is 0 Å². The van der Waals surface area contributed by atoms with E-state index in [1.165, 1.54) is 27.2 Å². The Hall–Kier alpha value is -8.46. The predicted molar refractivity (Wildman–Crippen MR) is 334 cm³/mol. The van der Waals surface area contributed by atoms with E-state index in [0.29, 0.717) is 49.9 Å². The van der Waals surface area contributed by atoms with Gasteiger partial charge < -0.3 is 79.0 Å². The molecule has 0 radical (unpaired) electrons. The summed E-state index contributed by atoms with van der Waals surface area (Å²) in [6.07, 6.45) is 6.99. The molecule has 0 saturated carbocycles. The molecule has 0 aliphatic carbocycles. The minimum Gasteiger partial charge on any atom is -0.479 e. The number of aliphatic carboxylic acids is 1. The summed E-state index contributed by atoms with van der Waals surface area (Å²) in [4.78, 5) is 157. The third kappa shape index (κ3) is 19.3. The van der Waals surface area contributed by atoms with Crippen molar-refractivity contribution >= 4 is 65.1 Å². The molecule has 90 heavy (non-hydrogen) atoms. The van der Waals surface area contributed by atoms with Crippen LogP contribution in [0.4, 0.5) is 0 Å². The monoisotopic (exact) mass is 1250 g/mol. The Bertz CT molecular complexity index is 2950. The van der Waals surface area contributed by atoms with E-state index in [0.717, 1.165) is 18.4 Å². The molecule has 0 bridgehead atoms. The molecule has 0 spiro atoms. The van der Waals surface area contributed by atoms with Gasteiger partial charge >= 0.3 is 5.97 Å². The lowest BCUT2D eigenvalue weighted by Crippen LogP contribution is -2.62. The van der Waals surface area contributed by atoms with Crippen LogP contribution < -0.4 is 49.1 Å². The molecule has 1 aromatic heterocycles. The summed E-state index contributed by atoms with van der Waals surface area (Å²) in [5.41, 5.74) is 17.6. The number of likely N-dealkylation sites (tertiary alicyclic amines) is 3. The first-order valence-electron chi connectivity index (χ1n) is 31.4. The van der Waals surface area contributed by atoms with Crippen molar-refractivity contribution in [2.45, 2.75) is 191 Å². The first-order valence-corrected chi connectivity index (χ1v) is 31.4. The lowest BCUT2D eigenvalue weighted by Gasteiger charge is -2.38. The van der Waals surface area contributed by atoms with Crippen molar-refractivity contribution in [1.29, 1.82) is 0 Å². The number of aliphatic hydroxyl groups is 1. The Labute approximate surface area is 525 Å². The highest BCUT2D eigenvalue weighted by Gasteiger charge is 2.52. The summed E-state index contributed by atoms with van der Waals surface area (Å²) in [6, 6.07) is 6.99. The van der Waals surface area contributed by atoms with Gasteiger partial charge in [0.2, 0.25) is 53.2 Å². The number of unbranched alkanes of at least 4 members (excludes halogenated alkanes) is 1. The van der Waals surface area contributed by atoms with Crippen LogP contribution in [0.25, 0.3) is 0 Å². The number of carbonyl (C=O) groups is 10. The smallest absolute Gasteiger partial charge is 0.329 e. The quantitative estimate of drug-likeness (QED) is 0.0218. The first-order chi connectivity index (χ1) is 43.0. The summed E-state index contributed by atoms with van der Waals surface area (Å²) in [6.45, 7) is 8.66. The molecule has 10 atom stereocenters. The number of aliphatic hydroxyl groups excluding tert-OH is 1. The molecule has 492 valence electrons. The van der Waals surface area contributed by atoms with Crippen molar-refractivity contribution in [1.82, 2.24) is 56.6 Å². The SMILES string of the molecule is CCCC[C@H](N)C(=O)N1CCC[C@H]1C(=O)N[C@@H](CC(C)C)C(=O)N[C@@H](Cc1cnc[nH]1)C(=O)N[C@@H](CO)C(=O)N[C@@H](CCCN=C(N)N)C(=O)N[C@H](C(=O)N1CCC[C@H]1C(=O)N[C@@H](Cc1ccccc1)C(=O)N1CCC[C@@]1(Cc1ccccc1)C(=O)O)C(C)C. The summed E-state index contributed by atoms with van der Waals surface area (Å²) in [5, 5.41) is 37.7. The van der Waals surface area contributed by atoms with Crippen LogP contribution in [0.1, 0.15) is 128 Å². The lowest BCUT2D eigenvalue weighted by atomic mass is 9.87. The number of guanidine groups is 1. The molecule has 3 saturated heterocycles. The Morgan fingerprint density at radius 2 is 1.23 bits per heavy atom. The summed E-state index contributed by atoms with van der Waals surface area (Å²) in [5.74, 6) is -8.41. The van der Waals surface area contributed by atoms with Gasteiger partial charge in [0.15, 0.2) is 5.96 Å². The zero-order valence-corrected chi connectivity index (χ0v) is 52.4. The largest absolute Gasteiger partial charge is 0.479 e. The normalized spacial score (nSPS) is 19.6. The molecule has 3 aliphatic heterocycles. The highest BCUT2D eigenvalue weighted by Crippen LogP contribution is 2.35. The number of aliphatic imine (C=N–C) groups is 1. The second-order valence-electron chi connectivity index (χ2n) is 24.5. The zero-order valence-electron chi connectivity index (χ0n) is 52.4. The van der Waals surface area contributed by atoms with Gasteiger partial charge in [-0.1, -0.05) is 108 Å². The van der Waals surface area contributed by atoms with E-state index in [1.54, 1.807) is 68.4 Å². The lowest BCUT2D eigenvalue weighted by molar-refractivity contribution is -0.157. The van der Waals surface area contributed by atoms with Crippen molar-refractivity contribution in [3.63, 3.8) is 0 Å². The van der Waals surface area contributed by atoms with E-state index >= 15 is 0 Å². The average Bonchev–Trinajstić information content (AvgIpc) is 1.59. The number of hydrogen-bond donors (Lipinski definition) is 12. The molecular weight excluding hydrogens is 1160 g/mol. The maximum Gasteiger partial charge on any atom is 0.329 e. The van der Waals surface area contributed by atoms with Gasteiger partial charge in [-0.05, 0) is 87.2 Å². The number of nitrogens with one attached hydrogen (secondary N) is 7. The number of aromatic amines is 1. The molecule has 27 nitrogen and oxygen atoms in total. The van der Waals surface area contributed by atoms with Crippen LogP contribution in [0.2, 0.25) is 0 Å². The standard InChI is InChI=1S/C63H93N15O12/c1-6-7-22-43(64)58(86)76-28-15-24-49(76)56(84)72-45(31-38(2)3)53(81)71-46(33-42-35-67-37-69-42)54(82)74-48(36-79)55(83)70-44(23-14-27-68-62(65)66)52(80)75-51(39(4)5)60(88)77-29-16-25-50(77)57(85)73-47(32-40-18-10-8-11-19-40)59(87)78-30-17-26-63(78,61(89)90)34-41-20-12-9-13-21-41/h8-13,18-21,35,37-39,43-51,79H,6-7,14-17,22-34,36,64H2,1-5H3,(H,67,69)(H,70,83)(H,71,81)(H,72,84)(H,73,85)(H,74,82)(H,75,80)(H,89,90)(H4,65,66,68)/t43-,44-,45-,46-,47-,48-,49-,50-,51-,63+/m0/s1. The fourth-order valence-corrected chi connectivity index (χ4v) is 12.0. The molecule has 0 unspecified atom stereocenters. The Morgan fingerprint density at radius 1 is 0.667 bits per heavy atom. The molecule has 15 N–H and O–H groups in total. The average molecular weight is 1250 g/mol. The molecular formula is C63H93N15O12. The number of H-pyrrole nitrogens is 1. The number of carboxylic acid groups (broad SMARTS) is 1. The second kappa shape index (κ2) is 33.9. The number of carboxylic acids is 1. The van der Waals surface area contributed by atoms with E-state index in [4.69, 9.17) is 17.2 Å². The van der Waals surface area contributed by atoms with Crippen LogP contribution >= 0.6 is 0 Å². The molecule has 4 heterocycles. The zero-order chi connectivity index (χ0) is 65.7. The third-order valence-electron chi connectivity index (χ3n) is 16.8. The number of carbonyl (C=O) groups excluding carboxylic acids is 9. The van der Waals surface area contributed by atoms with Crippen molar-refractivity contribution < 1.29 is 58.2 Å². The highest BCUT2D eigenvalue weighted by molar-refractivity contribution is 5.99. The molecule has 9 amide bonds. The van der Waals surface area contributed by atoms with Crippen molar-refractivity contribution in [2.75, 3.05) is 32.8 Å². The van der Waals surface area contributed by atoms with Crippen LogP contribution in [-0.2, 0) is 67.2 Å². The van der Waals surface area contributed by atoms with E-state index < -0.39 is 126 Å². The van der Waals surface area contributed by atoms with Gasteiger partial charge in [-0.3, -0.25) is 48.1 Å². The second-order valence-corrected chi connectivity index (χ2v) is 24.5. The van der Waals surface area contributed by atoms with Gasteiger partial charge in [0.25, 0.3) is 0 Å². The van der Waals surface area contributed by atoms with E-state index in [1.807, 2.05) is 26.8 Å². The number of amides is 9. The number of benzene rings is 2. The highest BCUT2D eigenvalue weighted by atomic mass is 16.4. The molecule has 3 aromatic rings. The summed E-state index contributed by atoms with van der Waals surface area (Å²) in [7, 11) is 0. The molecule has 27 heteroatoms. The van der Waals surface area contributed by atoms with Gasteiger partial charge in [-0.15, -0.1) is 0 Å². The fourth-order valence-electron chi connectivity index (χ4n) is 12.0. The first kappa shape index (κ1) is 70.6. The predicted octanol–water partition coefficient (Wildman–Crippen LogP) is 0.0397. The maximum atomic E-state index is 14.8. The van der Waals surface area contributed by atoms with Gasteiger partial charge in [0.05, 0.1) is 19.0 Å². The van der Waals surface area contributed by atoms with Crippen LogP contribution in [0, 0.1) is 11.8 Å². The summed E-state index contributed by atoms with van der Waals surface area (Å²) < 4.78 is 0. The Morgan fingerprint density at radius 3 is 1.80 bits per heavy atom. The number of nitrogens with zero attached hydrogens (tertiary/aromatic N) is 5. The third-order valence-corrected chi connectivity index (χ3v) is 16.8. The van der Waals surface area contributed by atoms with Crippen LogP contribution in [0.5, 0.6) is 0 Å². The molecule has 6 rings (SSSR count). The number of imidazole rings is 1. The van der Waals surface area contributed by atoms with Crippen molar-refractivity contribution in [2.24, 2.45) is 34.0 Å². The van der Waals surface area contributed by atoms with Gasteiger partial charge in [-0.25, -0.2) is 9.78 Å². The van der Waals surface area contributed by atoms with E-state index in [2.05, 4.69) is 46.9 Å². The number of hydrogen-bond acceptors (Lipinski definition) is 14. The van der Waals surface area contributed by atoms with Gasteiger partial charge in [0, 0.05) is 57.3 Å². The maximum absolute atomic E-state index is 14.8. The molecule has 3 fully saturated rings. The Kier molecular flexibility index (Phi) is 26.6. The summed E-state index contributed by atoms with van der Waals surface area (Å²) >= 11 is 0. The van der Waals surface area contributed by atoms with E-state index in [-0.39, 0.29) is 88.8 Å². The minimum atomic E-state index is -1.72. The van der Waals surface area contributed by atoms with E-state index in [9.17, 15) is 58.2 Å². The van der Waals surface area contributed by atoms with Gasteiger partial charge in [0.1, 0.15) is 53.9 Å². The molecule has 3 aliphatic rings. The number of aromatic nitrogens is 2. The fraction of sp³-hybridized carbons (Fsp3) is 0.587. The number of rotatable bonds is 33. The molecule has 2 aromatic carbocycles. The Balaban J connectivity index is 1.17. The van der Waals surface area contributed by atoms with Crippen molar-refractivity contribution in [3.8, 4) is 0 Å². The van der Waals surface area contributed by atoms with Crippen LogP contribution in [0.15, 0.2) is 78.2 Å². The topological polar surface area (TPSA) is 412 Å². The number of nitrogens with two attached hydrogens (primary N) is 3. The minimum absolute atomic E-state index is 0.0204. The van der Waals surface area contributed by atoms with Crippen LogP contribution in [-0.4, -0.2) is 193 Å².